The van der Waals surface area contributed by atoms with Gasteiger partial charge in [0, 0.05) is 10.4 Å². The highest BCUT2D eigenvalue weighted by molar-refractivity contribution is 7.06. The van der Waals surface area contributed by atoms with Gasteiger partial charge in [-0.1, -0.05) is 0 Å². The van der Waals surface area contributed by atoms with Gasteiger partial charge < -0.3 is 5.73 Å². The van der Waals surface area contributed by atoms with Crippen LogP contribution >= 0.6 is 11.5 Å². The molecule has 0 atom stereocenters. The van der Waals surface area contributed by atoms with Crippen molar-refractivity contribution >= 4 is 17.4 Å². The molecule has 0 spiro atoms. The molecule has 0 fully saturated rings. The monoisotopic (exact) mass is 128 g/mol. The molecule has 2 N–H and O–H groups in total. The number of nitrogens with two attached hydrogens (primary N) is 1. The zero-order chi connectivity index (χ0) is 6.15. The fourth-order valence-corrected chi connectivity index (χ4v) is 1.05. The first-order valence-corrected chi connectivity index (χ1v) is 3.17. The van der Waals surface area contributed by atoms with Gasteiger partial charge in [-0.15, -0.1) is 0 Å². The number of rotatable bonds is 0. The van der Waals surface area contributed by atoms with E-state index in [4.69, 9.17) is 5.73 Å². The van der Waals surface area contributed by atoms with Crippen LogP contribution in [0.2, 0.25) is 0 Å². The van der Waals surface area contributed by atoms with Gasteiger partial charge in [0.2, 0.25) is 0 Å². The van der Waals surface area contributed by atoms with Crippen LogP contribution in [-0.4, -0.2) is 4.37 Å². The topological polar surface area (TPSA) is 38.9 Å². The van der Waals surface area contributed by atoms with Gasteiger partial charge in [-0.2, -0.15) is 4.37 Å². The van der Waals surface area contributed by atoms with E-state index in [1.807, 2.05) is 13.8 Å². The fourth-order valence-electron chi connectivity index (χ4n) is 0.435. The molecule has 1 heterocycles. The van der Waals surface area contributed by atoms with Crippen LogP contribution < -0.4 is 5.73 Å². The lowest BCUT2D eigenvalue weighted by Gasteiger charge is -1.84. The van der Waals surface area contributed by atoms with Crippen molar-refractivity contribution in [1.29, 1.82) is 0 Å². The van der Waals surface area contributed by atoms with E-state index in [2.05, 4.69) is 4.37 Å². The second-order valence-corrected chi connectivity index (χ2v) is 2.73. The van der Waals surface area contributed by atoms with Crippen LogP contribution in [0.3, 0.4) is 0 Å². The van der Waals surface area contributed by atoms with Crippen molar-refractivity contribution in [3.05, 3.63) is 10.4 Å². The van der Waals surface area contributed by atoms with E-state index in [-0.39, 0.29) is 0 Å². The van der Waals surface area contributed by atoms with Gasteiger partial charge in [0.1, 0.15) is 5.82 Å². The third-order valence-corrected chi connectivity index (χ3v) is 2.06. The second kappa shape index (κ2) is 1.74. The summed E-state index contributed by atoms with van der Waals surface area (Å²) >= 11 is 1.46. The van der Waals surface area contributed by atoms with Gasteiger partial charge in [-0.25, -0.2) is 0 Å². The second-order valence-electron chi connectivity index (χ2n) is 1.75. The van der Waals surface area contributed by atoms with E-state index in [1.54, 1.807) is 0 Å². The normalized spacial score (nSPS) is 9.75. The standard InChI is InChI=1S/C5H8N2S/c1-3-4(2)8-7-5(3)6/h1-2H3,(H2,6,7). The molecule has 44 valence electrons. The zero-order valence-electron chi connectivity index (χ0n) is 4.93. The van der Waals surface area contributed by atoms with Gasteiger partial charge >= 0.3 is 0 Å². The molecule has 0 aliphatic carbocycles. The van der Waals surface area contributed by atoms with Crippen LogP contribution in [0.5, 0.6) is 0 Å². The first-order chi connectivity index (χ1) is 3.72. The first-order valence-electron chi connectivity index (χ1n) is 2.40. The van der Waals surface area contributed by atoms with Crippen LogP contribution in [-0.2, 0) is 0 Å². The molecule has 0 bridgehead atoms. The van der Waals surface area contributed by atoms with E-state index in [1.165, 1.54) is 16.4 Å². The van der Waals surface area contributed by atoms with Crippen LogP contribution in [0.25, 0.3) is 0 Å². The van der Waals surface area contributed by atoms with Gasteiger partial charge in [0.15, 0.2) is 0 Å². The summed E-state index contributed by atoms with van der Waals surface area (Å²) in [7, 11) is 0. The number of nitrogen functional groups attached to an aromatic ring is 1. The minimum absolute atomic E-state index is 0.674. The molecule has 0 unspecified atom stereocenters. The van der Waals surface area contributed by atoms with Crippen LogP contribution in [0.1, 0.15) is 10.4 Å². The summed E-state index contributed by atoms with van der Waals surface area (Å²) in [6.45, 7) is 4.00. The SMILES string of the molecule is Cc1snc(N)c1C. The molecule has 0 aliphatic rings. The van der Waals surface area contributed by atoms with Gasteiger partial charge in [-0.05, 0) is 25.4 Å². The maximum Gasteiger partial charge on any atom is 0.140 e. The summed E-state index contributed by atoms with van der Waals surface area (Å²) in [4.78, 5) is 1.21. The summed E-state index contributed by atoms with van der Waals surface area (Å²) in [5, 5.41) is 0. The van der Waals surface area contributed by atoms with Crippen molar-refractivity contribution in [2.45, 2.75) is 13.8 Å². The van der Waals surface area contributed by atoms with Crippen molar-refractivity contribution in [3.63, 3.8) is 0 Å². The molecule has 0 saturated carbocycles. The molecular weight excluding hydrogens is 120 g/mol. The molecule has 1 rings (SSSR count). The average molecular weight is 128 g/mol. The summed E-state index contributed by atoms with van der Waals surface area (Å²) in [6, 6.07) is 0. The Bertz CT molecular complexity index is 173. The summed E-state index contributed by atoms with van der Waals surface area (Å²) in [5.41, 5.74) is 6.56. The smallest absolute Gasteiger partial charge is 0.140 e. The molecule has 8 heavy (non-hydrogen) atoms. The van der Waals surface area contributed by atoms with E-state index >= 15 is 0 Å². The van der Waals surface area contributed by atoms with E-state index in [0.29, 0.717) is 5.82 Å². The third kappa shape index (κ3) is 0.690. The lowest BCUT2D eigenvalue weighted by Crippen LogP contribution is -1.85. The highest BCUT2D eigenvalue weighted by Gasteiger charge is 1.98. The van der Waals surface area contributed by atoms with E-state index in [9.17, 15) is 0 Å². The van der Waals surface area contributed by atoms with E-state index in [0.717, 1.165) is 5.56 Å². The largest absolute Gasteiger partial charge is 0.383 e. The highest BCUT2D eigenvalue weighted by atomic mass is 32.1. The number of hydrogen-bond acceptors (Lipinski definition) is 3. The maximum absolute atomic E-state index is 5.44. The third-order valence-electron chi connectivity index (χ3n) is 1.19. The predicted molar refractivity (Wildman–Crippen MR) is 36.0 cm³/mol. The Morgan fingerprint density at radius 2 is 2.12 bits per heavy atom. The Balaban J connectivity index is 3.19. The van der Waals surface area contributed by atoms with Crippen LogP contribution in [0.15, 0.2) is 0 Å². The minimum atomic E-state index is 0.674. The molecule has 0 radical (unpaired) electrons. The highest BCUT2D eigenvalue weighted by Crippen LogP contribution is 2.16. The molecule has 0 aliphatic heterocycles. The fraction of sp³-hybridized carbons (Fsp3) is 0.400. The Labute approximate surface area is 52.5 Å². The first kappa shape index (κ1) is 5.56. The summed E-state index contributed by atoms with van der Waals surface area (Å²) in [5.74, 6) is 0.674. The van der Waals surface area contributed by atoms with Crippen LogP contribution in [0, 0.1) is 13.8 Å². The van der Waals surface area contributed by atoms with Crippen molar-refractivity contribution in [1.82, 2.24) is 4.37 Å². The summed E-state index contributed by atoms with van der Waals surface area (Å²) < 4.78 is 3.94. The van der Waals surface area contributed by atoms with Gasteiger partial charge in [0.25, 0.3) is 0 Å². The van der Waals surface area contributed by atoms with Crippen molar-refractivity contribution in [3.8, 4) is 0 Å². The summed E-state index contributed by atoms with van der Waals surface area (Å²) in [6.07, 6.45) is 0. The Morgan fingerprint density at radius 1 is 1.50 bits per heavy atom. The molecule has 1 aromatic rings. The molecule has 1 aromatic heterocycles. The van der Waals surface area contributed by atoms with Gasteiger partial charge in [-0.3, -0.25) is 0 Å². The number of hydrogen-bond donors (Lipinski definition) is 1. The molecule has 2 nitrogen and oxygen atoms in total. The molecule has 0 aromatic carbocycles. The lowest BCUT2D eigenvalue weighted by atomic mass is 10.3. The molecule has 0 amide bonds. The number of nitrogens with zero attached hydrogens (tertiary/aromatic N) is 1. The molecule has 0 saturated heterocycles. The molecular formula is C5H8N2S. The van der Waals surface area contributed by atoms with Crippen molar-refractivity contribution < 1.29 is 0 Å². The Morgan fingerprint density at radius 3 is 2.25 bits per heavy atom. The molecule has 3 heteroatoms. The average Bonchev–Trinajstić information content (AvgIpc) is 1.98. The number of aromatic nitrogens is 1. The van der Waals surface area contributed by atoms with Crippen LogP contribution in [0.4, 0.5) is 5.82 Å². The maximum atomic E-state index is 5.44. The quantitative estimate of drug-likeness (QED) is 0.572. The number of anilines is 1. The van der Waals surface area contributed by atoms with Gasteiger partial charge in [0.05, 0.1) is 0 Å². The zero-order valence-corrected chi connectivity index (χ0v) is 5.75. The Kier molecular flexibility index (Phi) is 1.21. The van der Waals surface area contributed by atoms with E-state index < -0.39 is 0 Å². The predicted octanol–water partition coefficient (Wildman–Crippen LogP) is 1.34. The Hall–Kier alpha value is -0.570. The van der Waals surface area contributed by atoms with Crippen molar-refractivity contribution in [2.24, 2.45) is 0 Å². The number of aryl methyl sites for hydroxylation is 1. The minimum Gasteiger partial charge on any atom is -0.383 e. The van der Waals surface area contributed by atoms with Crippen molar-refractivity contribution in [2.75, 3.05) is 5.73 Å². The lowest BCUT2D eigenvalue weighted by molar-refractivity contribution is 1.40.